The van der Waals surface area contributed by atoms with Gasteiger partial charge >= 0.3 is 0 Å². The minimum absolute atomic E-state index is 0.202. The first-order valence-corrected chi connectivity index (χ1v) is 6.97. The van der Waals surface area contributed by atoms with Crippen LogP contribution in [0.5, 0.6) is 0 Å². The van der Waals surface area contributed by atoms with Crippen molar-refractivity contribution in [1.29, 1.82) is 0 Å². The van der Waals surface area contributed by atoms with E-state index in [2.05, 4.69) is 46.5 Å². The van der Waals surface area contributed by atoms with Crippen LogP contribution >= 0.6 is 11.6 Å². The quantitative estimate of drug-likeness (QED) is 0.842. The Hall–Kier alpha value is -1.81. The predicted molar refractivity (Wildman–Crippen MR) is 84.0 cm³/mol. The van der Waals surface area contributed by atoms with Crippen molar-refractivity contribution in [2.24, 2.45) is 0 Å². The molecule has 0 saturated heterocycles. The third kappa shape index (κ3) is 3.39. The summed E-state index contributed by atoms with van der Waals surface area (Å²) < 4.78 is 0. The second-order valence-electron chi connectivity index (χ2n) is 5.13. The fraction of sp³-hybridized carbons (Fsp3) is 0.333. The van der Waals surface area contributed by atoms with Crippen molar-refractivity contribution in [3.05, 3.63) is 46.4 Å². The Kier molecular flexibility index (Phi) is 4.45. The average Bonchev–Trinajstić information content (AvgIpc) is 2.42. The maximum Gasteiger partial charge on any atom is 0.157 e. The van der Waals surface area contributed by atoms with Crippen LogP contribution in [-0.4, -0.2) is 9.97 Å². The van der Waals surface area contributed by atoms with Crippen LogP contribution < -0.4 is 11.1 Å². The Balaban J connectivity index is 2.18. The van der Waals surface area contributed by atoms with E-state index in [0.717, 1.165) is 5.56 Å². The summed E-state index contributed by atoms with van der Waals surface area (Å²) in [4.78, 5) is 8.62. The molecule has 5 heteroatoms. The van der Waals surface area contributed by atoms with Gasteiger partial charge in [-0.3, -0.25) is 0 Å². The number of hydrogen-bond donors (Lipinski definition) is 2. The van der Waals surface area contributed by atoms with E-state index >= 15 is 0 Å². The number of halogens is 1. The maximum atomic E-state index is 6.05. The normalized spacial score (nSPS) is 10.8. The minimum Gasteiger partial charge on any atom is -0.393 e. The number of rotatable bonds is 4. The van der Waals surface area contributed by atoms with Crippen LogP contribution in [-0.2, 0) is 6.54 Å². The summed E-state index contributed by atoms with van der Waals surface area (Å²) in [6.45, 7) is 6.75. The summed E-state index contributed by atoms with van der Waals surface area (Å²) >= 11 is 6.05. The number of aromatic nitrogens is 2. The molecule has 0 unspecified atom stereocenters. The molecule has 0 spiro atoms. The fourth-order valence-corrected chi connectivity index (χ4v) is 1.92. The summed E-state index contributed by atoms with van der Waals surface area (Å²) in [5.41, 5.74) is 8.71. The third-order valence-corrected chi connectivity index (χ3v) is 3.30. The number of nitrogen functional groups attached to an aromatic ring is 1. The lowest BCUT2D eigenvalue weighted by Crippen LogP contribution is -2.09. The lowest BCUT2D eigenvalue weighted by Gasteiger charge is -2.12. The highest BCUT2D eigenvalue weighted by atomic mass is 35.5. The molecule has 0 aliphatic rings. The molecular weight excluding hydrogens is 272 g/mol. The molecule has 0 saturated carbocycles. The number of nitrogens with zero attached hydrogens (tertiary/aromatic N) is 2. The molecule has 0 atom stereocenters. The number of nitrogens with two attached hydrogens (primary N) is 1. The van der Waals surface area contributed by atoms with E-state index in [4.69, 9.17) is 17.3 Å². The van der Waals surface area contributed by atoms with Crippen LogP contribution in [0.3, 0.4) is 0 Å². The third-order valence-electron chi connectivity index (χ3n) is 3.01. The first-order chi connectivity index (χ1) is 9.47. The first kappa shape index (κ1) is 14.6. The average molecular weight is 291 g/mol. The maximum absolute atomic E-state index is 6.05. The van der Waals surface area contributed by atoms with Crippen molar-refractivity contribution < 1.29 is 0 Å². The van der Waals surface area contributed by atoms with E-state index in [1.54, 1.807) is 0 Å². The molecule has 3 N–H and O–H groups in total. The lowest BCUT2D eigenvalue weighted by molar-refractivity contribution is 0.775. The molecule has 2 aromatic rings. The number of anilines is 2. The Morgan fingerprint density at radius 1 is 1.20 bits per heavy atom. The Labute approximate surface area is 124 Å². The SMILES string of the molecule is Cc1ccc(CNc2nc(C(C)C)nc(Cl)c2N)cc1. The van der Waals surface area contributed by atoms with Gasteiger partial charge in [-0.25, -0.2) is 9.97 Å². The molecular formula is C15H19ClN4. The number of nitrogens with one attached hydrogen (secondary N) is 1. The van der Waals surface area contributed by atoms with Gasteiger partial charge in [-0.2, -0.15) is 0 Å². The van der Waals surface area contributed by atoms with Crippen molar-refractivity contribution in [3.8, 4) is 0 Å². The van der Waals surface area contributed by atoms with Gasteiger partial charge in [0, 0.05) is 12.5 Å². The molecule has 1 aromatic carbocycles. The van der Waals surface area contributed by atoms with E-state index in [-0.39, 0.29) is 5.92 Å². The van der Waals surface area contributed by atoms with Crippen LogP contribution in [0.2, 0.25) is 5.15 Å². The van der Waals surface area contributed by atoms with Gasteiger partial charge in [0.15, 0.2) is 11.0 Å². The zero-order chi connectivity index (χ0) is 14.7. The topological polar surface area (TPSA) is 63.8 Å². The molecule has 0 amide bonds. The van der Waals surface area contributed by atoms with Gasteiger partial charge in [0.25, 0.3) is 0 Å². The number of aryl methyl sites for hydroxylation is 1. The van der Waals surface area contributed by atoms with Gasteiger partial charge < -0.3 is 11.1 Å². The monoisotopic (exact) mass is 290 g/mol. The van der Waals surface area contributed by atoms with E-state index in [1.165, 1.54) is 5.56 Å². The Morgan fingerprint density at radius 3 is 2.45 bits per heavy atom. The van der Waals surface area contributed by atoms with Gasteiger partial charge in [0.05, 0.1) is 0 Å². The molecule has 2 rings (SSSR count). The van der Waals surface area contributed by atoms with Gasteiger partial charge in [0.1, 0.15) is 11.5 Å². The highest BCUT2D eigenvalue weighted by Gasteiger charge is 2.12. The molecule has 20 heavy (non-hydrogen) atoms. The second-order valence-corrected chi connectivity index (χ2v) is 5.49. The van der Waals surface area contributed by atoms with E-state index in [1.807, 2.05) is 13.8 Å². The van der Waals surface area contributed by atoms with Crippen molar-refractivity contribution >= 4 is 23.1 Å². The number of benzene rings is 1. The zero-order valence-corrected chi connectivity index (χ0v) is 12.7. The largest absolute Gasteiger partial charge is 0.393 e. The van der Waals surface area contributed by atoms with E-state index < -0.39 is 0 Å². The lowest BCUT2D eigenvalue weighted by atomic mass is 10.1. The molecule has 4 nitrogen and oxygen atoms in total. The summed E-state index contributed by atoms with van der Waals surface area (Å²) in [6, 6.07) is 8.30. The Morgan fingerprint density at radius 2 is 1.85 bits per heavy atom. The van der Waals surface area contributed by atoms with Crippen LogP contribution in [0.4, 0.5) is 11.5 Å². The molecule has 1 heterocycles. The van der Waals surface area contributed by atoms with E-state index in [9.17, 15) is 0 Å². The molecule has 0 aliphatic heterocycles. The minimum atomic E-state index is 0.202. The smallest absolute Gasteiger partial charge is 0.157 e. The molecule has 106 valence electrons. The van der Waals surface area contributed by atoms with Crippen LogP contribution in [0.1, 0.15) is 36.7 Å². The molecule has 0 radical (unpaired) electrons. The number of hydrogen-bond acceptors (Lipinski definition) is 4. The summed E-state index contributed by atoms with van der Waals surface area (Å²) in [6.07, 6.45) is 0. The van der Waals surface area contributed by atoms with Crippen molar-refractivity contribution in [2.45, 2.75) is 33.2 Å². The van der Waals surface area contributed by atoms with E-state index in [0.29, 0.717) is 29.0 Å². The zero-order valence-electron chi connectivity index (χ0n) is 11.9. The van der Waals surface area contributed by atoms with Crippen molar-refractivity contribution in [2.75, 3.05) is 11.1 Å². The second kappa shape index (κ2) is 6.09. The van der Waals surface area contributed by atoms with Gasteiger partial charge in [0.2, 0.25) is 0 Å². The summed E-state index contributed by atoms with van der Waals surface area (Å²) in [7, 11) is 0. The molecule has 1 aromatic heterocycles. The predicted octanol–water partition coefficient (Wildman–Crippen LogP) is 3.76. The van der Waals surface area contributed by atoms with Gasteiger partial charge in [-0.15, -0.1) is 0 Å². The first-order valence-electron chi connectivity index (χ1n) is 6.59. The van der Waals surface area contributed by atoms with Crippen LogP contribution in [0.25, 0.3) is 0 Å². The molecule has 0 fully saturated rings. The van der Waals surface area contributed by atoms with Crippen molar-refractivity contribution in [1.82, 2.24) is 9.97 Å². The van der Waals surface area contributed by atoms with Gasteiger partial charge in [-0.1, -0.05) is 55.3 Å². The molecule has 0 aliphatic carbocycles. The highest BCUT2D eigenvalue weighted by molar-refractivity contribution is 6.32. The fourth-order valence-electron chi connectivity index (χ4n) is 1.74. The van der Waals surface area contributed by atoms with Crippen molar-refractivity contribution in [3.63, 3.8) is 0 Å². The standard InChI is InChI=1S/C15H19ClN4/c1-9(2)14-19-13(16)12(17)15(20-14)18-8-11-6-4-10(3)5-7-11/h4-7,9H,8,17H2,1-3H3,(H,18,19,20). The molecule has 0 bridgehead atoms. The summed E-state index contributed by atoms with van der Waals surface area (Å²) in [5, 5.41) is 3.53. The Bertz CT molecular complexity index is 594. The summed E-state index contributed by atoms with van der Waals surface area (Å²) in [5.74, 6) is 1.48. The highest BCUT2D eigenvalue weighted by Crippen LogP contribution is 2.26. The van der Waals surface area contributed by atoms with Gasteiger partial charge in [-0.05, 0) is 12.5 Å². The van der Waals surface area contributed by atoms with Crippen LogP contribution in [0.15, 0.2) is 24.3 Å². The van der Waals surface area contributed by atoms with Crippen LogP contribution in [0, 0.1) is 6.92 Å².